The summed E-state index contributed by atoms with van der Waals surface area (Å²) in [6.07, 6.45) is 2.87. The smallest absolute Gasteiger partial charge is 0.258 e. The Morgan fingerprint density at radius 2 is 2.23 bits per heavy atom. The fourth-order valence-corrected chi connectivity index (χ4v) is 4.08. The van der Waals surface area contributed by atoms with Crippen LogP contribution in [0.2, 0.25) is 5.02 Å². The number of halogens is 1. The minimum Gasteiger partial charge on any atom is -0.493 e. The van der Waals surface area contributed by atoms with Crippen molar-refractivity contribution in [3.8, 4) is 5.75 Å². The van der Waals surface area contributed by atoms with E-state index in [0.29, 0.717) is 23.8 Å². The predicted octanol–water partition coefficient (Wildman–Crippen LogP) is 2.27. The summed E-state index contributed by atoms with van der Waals surface area (Å²) in [7, 11) is -2.06. The molecule has 0 radical (unpaired) electrons. The van der Waals surface area contributed by atoms with Crippen molar-refractivity contribution in [2.45, 2.75) is 23.9 Å². The van der Waals surface area contributed by atoms with Gasteiger partial charge >= 0.3 is 0 Å². The van der Waals surface area contributed by atoms with Crippen molar-refractivity contribution in [2.24, 2.45) is 7.05 Å². The van der Waals surface area contributed by atoms with Crippen LogP contribution in [0.4, 0.5) is 0 Å². The van der Waals surface area contributed by atoms with E-state index in [1.807, 2.05) is 0 Å². The zero-order valence-corrected chi connectivity index (χ0v) is 13.6. The van der Waals surface area contributed by atoms with E-state index in [0.717, 1.165) is 12.0 Å². The lowest BCUT2D eigenvalue weighted by molar-refractivity contribution is 0.316. The lowest BCUT2D eigenvalue weighted by Crippen LogP contribution is -2.30. The molecule has 6 nitrogen and oxygen atoms in total. The molecule has 1 aromatic heterocycles. The van der Waals surface area contributed by atoms with Gasteiger partial charge in [-0.05, 0) is 31.0 Å². The quantitative estimate of drug-likeness (QED) is 0.929. The summed E-state index contributed by atoms with van der Waals surface area (Å²) in [6.45, 7) is 0.539. The van der Waals surface area contributed by atoms with E-state index >= 15 is 0 Å². The van der Waals surface area contributed by atoms with Crippen LogP contribution in [0.3, 0.4) is 0 Å². The number of benzene rings is 1. The maximum atomic E-state index is 12.5. The molecule has 1 unspecified atom stereocenters. The number of hydrogen-bond acceptors (Lipinski definition) is 4. The van der Waals surface area contributed by atoms with Gasteiger partial charge in [-0.15, -0.1) is 0 Å². The van der Waals surface area contributed by atoms with Crippen LogP contribution < -0.4 is 9.46 Å². The molecule has 0 saturated carbocycles. The fourth-order valence-electron chi connectivity index (χ4n) is 2.54. The number of hydrogen-bond donors (Lipinski definition) is 1. The first kappa shape index (κ1) is 15.3. The van der Waals surface area contributed by atoms with Crippen molar-refractivity contribution in [2.75, 3.05) is 6.61 Å². The number of aromatic nitrogens is 2. The fraction of sp³-hybridized carbons (Fsp3) is 0.357. The Morgan fingerprint density at radius 3 is 2.95 bits per heavy atom. The van der Waals surface area contributed by atoms with Crippen LogP contribution in [-0.2, 0) is 17.1 Å². The zero-order chi connectivity index (χ0) is 15.7. The highest BCUT2D eigenvalue weighted by atomic mass is 35.5. The van der Waals surface area contributed by atoms with E-state index in [4.69, 9.17) is 16.3 Å². The Labute approximate surface area is 134 Å². The third-order valence-corrected chi connectivity index (χ3v) is 5.38. The molecule has 1 aliphatic rings. The van der Waals surface area contributed by atoms with Crippen LogP contribution in [0.25, 0.3) is 0 Å². The minimum atomic E-state index is -3.65. The highest BCUT2D eigenvalue weighted by molar-refractivity contribution is 7.89. The Bertz CT molecular complexity index is 788. The summed E-state index contributed by atoms with van der Waals surface area (Å²) in [5.41, 5.74) is 0.799. The maximum Gasteiger partial charge on any atom is 0.258 e. The molecule has 0 aliphatic carbocycles. The van der Waals surface area contributed by atoms with E-state index in [1.165, 1.54) is 16.9 Å². The predicted molar refractivity (Wildman–Crippen MR) is 82.5 cm³/mol. The zero-order valence-electron chi connectivity index (χ0n) is 12.0. The number of ether oxygens (including phenoxy) is 1. The molecular formula is C14H16ClN3O3S. The molecule has 0 saturated heterocycles. The monoisotopic (exact) mass is 341 g/mol. The SMILES string of the molecule is Cn1nccc1S(=O)(=O)NC1CCCOc2cc(Cl)ccc21. The molecule has 0 bridgehead atoms. The number of fused-ring (bicyclic) bond motifs is 1. The summed E-state index contributed by atoms with van der Waals surface area (Å²) in [5.74, 6) is 0.628. The molecule has 118 valence electrons. The Kier molecular flexibility index (Phi) is 4.12. The maximum absolute atomic E-state index is 12.5. The molecule has 0 amide bonds. The van der Waals surface area contributed by atoms with Crippen molar-refractivity contribution in [3.63, 3.8) is 0 Å². The van der Waals surface area contributed by atoms with Crippen molar-refractivity contribution < 1.29 is 13.2 Å². The van der Waals surface area contributed by atoms with Crippen LogP contribution in [-0.4, -0.2) is 24.8 Å². The molecule has 3 rings (SSSR count). The summed E-state index contributed by atoms with van der Waals surface area (Å²) in [4.78, 5) is 0. The van der Waals surface area contributed by atoms with E-state index < -0.39 is 10.0 Å². The van der Waals surface area contributed by atoms with Crippen LogP contribution in [0, 0.1) is 0 Å². The summed E-state index contributed by atoms with van der Waals surface area (Å²) < 4.78 is 34.8. The van der Waals surface area contributed by atoms with E-state index in [1.54, 1.807) is 25.2 Å². The van der Waals surface area contributed by atoms with Gasteiger partial charge in [-0.3, -0.25) is 4.68 Å². The number of nitrogens with zero attached hydrogens (tertiary/aromatic N) is 2. The number of rotatable bonds is 3. The first-order chi connectivity index (χ1) is 10.5. The van der Waals surface area contributed by atoms with Gasteiger partial charge in [-0.2, -0.15) is 5.10 Å². The molecule has 2 heterocycles. The second kappa shape index (κ2) is 5.91. The summed E-state index contributed by atoms with van der Waals surface area (Å²) >= 11 is 5.98. The van der Waals surface area contributed by atoms with Gasteiger partial charge < -0.3 is 4.74 Å². The van der Waals surface area contributed by atoms with Gasteiger partial charge in [0.15, 0.2) is 5.03 Å². The molecule has 1 aromatic carbocycles. The number of aryl methyl sites for hydroxylation is 1. The van der Waals surface area contributed by atoms with Crippen LogP contribution in [0.1, 0.15) is 24.4 Å². The van der Waals surface area contributed by atoms with E-state index in [9.17, 15) is 8.42 Å². The highest BCUT2D eigenvalue weighted by Gasteiger charge is 2.27. The van der Waals surface area contributed by atoms with Gasteiger partial charge in [-0.25, -0.2) is 13.1 Å². The largest absolute Gasteiger partial charge is 0.493 e. The Hall–Kier alpha value is -1.57. The van der Waals surface area contributed by atoms with Gasteiger partial charge in [0, 0.05) is 17.6 Å². The number of nitrogens with one attached hydrogen (secondary N) is 1. The Morgan fingerprint density at radius 1 is 1.41 bits per heavy atom. The average molecular weight is 342 g/mol. The van der Waals surface area contributed by atoms with Gasteiger partial charge in [0.25, 0.3) is 10.0 Å². The van der Waals surface area contributed by atoms with Crippen molar-refractivity contribution in [3.05, 3.63) is 41.0 Å². The number of sulfonamides is 1. The molecule has 0 spiro atoms. The van der Waals surface area contributed by atoms with Gasteiger partial charge in [0.05, 0.1) is 18.8 Å². The minimum absolute atomic E-state index is 0.133. The van der Waals surface area contributed by atoms with Gasteiger partial charge in [0.2, 0.25) is 0 Å². The van der Waals surface area contributed by atoms with Crippen molar-refractivity contribution >= 4 is 21.6 Å². The lowest BCUT2D eigenvalue weighted by atomic mass is 10.0. The van der Waals surface area contributed by atoms with Crippen molar-refractivity contribution in [1.29, 1.82) is 0 Å². The first-order valence-corrected chi connectivity index (χ1v) is 8.76. The van der Waals surface area contributed by atoms with Gasteiger partial charge in [0.1, 0.15) is 5.75 Å². The third kappa shape index (κ3) is 2.97. The lowest BCUT2D eigenvalue weighted by Gasteiger charge is -2.18. The van der Waals surface area contributed by atoms with Gasteiger partial charge in [-0.1, -0.05) is 17.7 Å². The molecule has 1 N–H and O–H groups in total. The molecular weight excluding hydrogens is 326 g/mol. The van der Waals surface area contributed by atoms with E-state index in [-0.39, 0.29) is 11.1 Å². The molecule has 22 heavy (non-hydrogen) atoms. The molecule has 8 heteroatoms. The van der Waals surface area contributed by atoms with E-state index in [2.05, 4.69) is 9.82 Å². The molecule has 1 aliphatic heterocycles. The molecule has 0 fully saturated rings. The summed E-state index contributed by atoms with van der Waals surface area (Å²) in [6, 6.07) is 6.38. The van der Waals surface area contributed by atoms with Crippen LogP contribution in [0.5, 0.6) is 5.75 Å². The van der Waals surface area contributed by atoms with Crippen molar-refractivity contribution in [1.82, 2.24) is 14.5 Å². The third-order valence-electron chi connectivity index (χ3n) is 3.59. The standard InChI is InChI=1S/C14H16ClN3O3S/c1-18-14(6-7-16-18)22(19,20)17-12-3-2-8-21-13-9-10(15)4-5-11(12)13/h4-7,9,12,17H,2-3,8H2,1H3. The second-order valence-corrected chi connectivity index (χ2v) is 7.24. The second-order valence-electron chi connectivity index (χ2n) is 5.14. The summed E-state index contributed by atoms with van der Waals surface area (Å²) in [5, 5.41) is 4.60. The highest BCUT2D eigenvalue weighted by Crippen LogP contribution is 2.34. The first-order valence-electron chi connectivity index (χ1n) is 6.90. The van der Waals surface area contributed by atoms with Crippen LogP contribution in [0.15, 0.2) is 35.5 Å². The topological polar surface area (TPSA) is 73.2 Å². The average Bonchev–Trinajstić information content (AvgIpc) is 2.80. The van der Waals surface area contributed by atoms with Crippen LogP contribution >= 0.6 is 11.6 Å². The Balaban J connectivity index is 1.94. The molecule has 2 aromatic rings. The molecule has 1 atom stereocenters. The normalized spacial score (nSPS) is 18.4.